The van der Waals surface area contributed by atoms with E-state index < -0.39 is 5.97 Å². The monoisotopic (exact) mass is 392 g/mol. The third-order valence-corrected chi connectivity index (χ3v) is 5.48. The smallest absolute Gasteiger partial charge is 0.309 e. The number of rotatable bonds is 7. The topological polar surface area (TPSA) is 59.9 Å². The summed E-state index contributed by atoms with van der Waals surface area (Å²) in [4.78, 5) is 22.0. The SMILES string of the molecule is CC(C)Cc1ccc(N2C=CN(c3ccc(CN4CC(C(=O)O)C4)nc3)C2)cc1. The van der Waals surface area contributed by atoms with E-state index >= 15 is 0 Å². The van der Waals surface area contributed by atoms with Crippen molar-refractivity contribution in [2.24, 2.45) is 11.8 Å². The van der Waals surface area contributed by atoms with Gasteiger partial charge in [-0.15, -0.1) is 0 Å². The Morgan fingerprint density at radius 3 is 2.31 bits per heavy atom. The van der Waals surface area contributed by atoms with Crippen LogP contribution in [-0.2, 0) is 17.8 Å². The molecule has 0 bridgehead atoms. The van der Waals surface area contributed by atoms with Crippen LogP contribution in [0.4, 0.5) is 11.4 Å². The van der Waals surface area contributed by atoms with Crippen molar-refractivity contribution in [2.75, 3.05) is 29.6 Å². The number of aromatic nitrogens is 1. The zero-order chi connectivity index (χ0) is 20.4. The largest absolute Gasteiger partial charge is 0.481 e. The Hall–Kier alpha value is -2.86. The van der Waals surface area contributed by atoms with Gasteiger partial charge in [0.15, 0.2) is 0 Å². The van der Waals surface area contributed by atoms with Gasteiger partial charge in [0, 0.05) is 37.7 Å². The molecular formula is C23H28N4O2. The molecule has 1 fully saturated rings. The molecular weight excluding hydrogens is 364 g/mol. The maximum absolute atomic E-state index is 10.9. The zero-order valence-corrected chi connectivity index (χ0v) is 17.0. The minimum Gasteiger partial charge on any atom is -0.481 e. The fraction of sp³-hybridized carbons (Fsp3) is 0.391. The lowest BCUT2D eigenvalue weighted by atomic mass is 10.0. The molecule has 1 saturated heterocycles. The molecule has 0 spiro atoms. The molecule has 1 N–H and O–H groups in total. The van der Waals surface area contributed by atoms with Crippen molar-refractivity contribution in [1.29, 1.82) is 0 Å². The Morgan fingerprint density at radius 1 is 1.07 bits per heavy atom. The molecule has 0 amide bonds. The van der Waals surface area contributed by atoms with Gasteiger partial charge in [-0.2, -0.15) is 0 Å². The number of carboxylic acids is 1. The van der Waals surface area contributed by atoms with Crippen LogP contribution < -0.4 is 9.80 Å². The molecule has 2 aliphatic rings. The number of pyridine rings is 1. The standard InChI is InChI=1S/C23H28N4O2/c1-17(2)11-18-3-6-21(7-4-18)26-9-10-27(16-26)22-8-5-20(24-12-22)15-25-13-19(14-25)23(28)29/h3-10,12,17,19H,11,13-16H2,1-2H3,(H,28,29). The van der Waals surface area contributed by atoms with Crippen molar-refractivity contribution in [3.05, 3.63) is 66.3 Å². The lowest BCUT2D eigenvalue weighted by Crippen LogP contribution is -2.49. The number of anilines is 2. The van der Waals surface area contributed by atoms with Crippen LogP contribution in [0.2, 0.25) is 0 Å². The van der Waals surface area contributed by atoms with Gasteiger partial charge in [-0.05, 0) is 42.2 Å². The van der Waals surface area contributed by atoms with Gasteiger partial charge in [-0.3, -0.25) is 14.7 Å². The molecule has 152 valence electrons. The van der Waals surface area contributed by atoms with Crippen molar-refractivity contribution in [2.45, 2.75) is 26.8 Å². The highest BCUT2D eigenvalue weighted by atomic mass is 16.4. The molecule has 0 unspecified atom stereocenters. The van der Waals surface area contributed by atoms with E-state index in [1.54, 1.807) is 0 Å². The third kappa shape index (κ3) is 4.59. The van der Waals surface area contributed by atoms with Crippen molar-refractivity contribution >= 4 is 17.3 Å². The highest BCUT2D eigenvalue weighted by Crippen LogP contribution is 2.25. The van der Waals surface area contributed by atoms with E-state index in [9.17, 15) is 4.79 Å². The third-order valence-electron chi connectivity index (χ3n) is 5.48. The summed E-state index contributed by atoms with van der Waals surface area (Å²) in [7, 11) is 0. The summed E-state index contributed by atoms with van der Waals surface area (Å²) < 4.78 is 0. The molecule has 6 nitrogen and oxygen atoms in total. The number of hydrogen-bond donors (Lipinski definition) is 1. The summed E-state index contributed by atoms with van der Waals surface area (Å²) in [5.74, 6) is -0.267. The van der Waals surface area contributed by atoms with Crippen LogP contribution in [0.25, 0.3) is 0 Å². The molecule has 3 heterocycles. The molecule has 2 aliphatic heterocycles. The maximum Gasteiger partial charge on any atom is 0.309 e. The molecule has 0 saturated carbocycles. The highest BCUT2D eigenvalue weighted by molar-refractivity contribution is 5.71. The summed E-state index contributed by atoms with van der Waals surface area (Å²) in [6.45, 7) is 7.16. The zero-order valence-electron chi connectivity index (χ0n) is 17.0. The first-order valence-corrected chi connectivity index (χ1v) is 10.2. The Morgan fingerprint density at radius 2 is 1.72 bits per heavy atom. The Balaban J connectivity index is 1.31. The van der Waals surface area contributed by atoms with Gasteiger partial charge >= 0.3 is 5.97 Å². The number of likely N-dealkylation sites (tertiary alicyclic amines) is 1. The molecule has 2 aromatic rings. The number of benzene rings is 1. The number of aliphatic carboxylic acids is 1. The predicted octanol–water partition coefficient (Wildman–Crippen LogP) is 3.55. The minimum atomic E-state index is -0.704. The van der Waals surface area contributed by atoms with Crippen LogP contribution in [0.5, 0.6) is 0 Å². The van der Waals surface area contributed by atoms with Crippen molar-refractivity contribution < 1.29 is 9.90 Å². The quantitative estimate of drug-likeness (QED) is 0.778. The lowest BCUT2D eigenvalue weighted by Gasteiger charge is -2.36. The molecule has 0 aliphatic carbocycles. The molecule has 29 heavy (non-hydrogen) atoms. The first-order valence-electron chi connectivity index (χ1n) is 10.2. The average Bonchev–Trinajstić information content (AvgIpc) is 3.15. The van der Waals surface area contributed by atoms with Gasteiger partial charge in [-0.25, -0.2) is 0 Å². The van der Waals surface area contributed by atoms with Gasteiger partial charge in [0.05, 0.1) is 30.2 Å². The van der Waals surface area contributed by atoms with Crippen molar-refractivity contribution in [3.8, 4) is 0 Å². The fourth-order valence-corrected chi connectivity index (χ4v) is 3.81. The molecule has 0 atom stereocenters. The number of carboxylic acid groups (broad SMARTS) is 1. The summed E-state index contributed by atoms with van der Waals surface area (Å²) in [6.07, 6.45) is 7.17. The second-order valence-electron chi connectivity index (χ2n) is 8.38. The van der Waals surface area contributed by atoms with Crippen LogP contribution in [-0.4, -0.2) is 40.7 Å². The molecule has 1 aromatic carbocycles. The van der Waals surface area contributed by atoms with Crippen LogP contribution in [0, 0.1) is 11.8 Å². The number of hydrogen-bond acceptors (Lipinski definition) is 5. The van der Waals surface area contributed by atoms with Gasteiger partial charge in [-0.1, -0.05) is 26.0 Å². The highest BCUT2D eigenvalue weighted by Gasteiger charge is 2.32. The molecule has 6 heteroatoms. The second-order valence-corrected chi connectivity index (χ2v) is 8.38. The first-order chi connectivity index (χ1) is 14.0. The minimum absolute atomic E-state index is 0.227. The molecule has 4 rings (SSSR count). The van der Waals surface area contributed by atoms with Crippen LogP contribution in [0.3, 0.4) is 0 Å². The maximum atomic E-state index is 10.9. The molecule has 0 radical (unpaired) electrons. The number of carbonyl (C=O) groups is 1. The normalized spacial score (nSPS) is 17.2. The lowest BCUT2D eigenvalue weighted by molar-refractivity contribution is -0.147. The summed E-state index contributed by atoms with van der Waals surface area (Å²) in [5.41, 5.74) is 4.58. The van der Waals surface area contributed by atoms with E-state index in [-0.39, 0.29) is 5.92 Å². The fourth-order valence-electron chi connectivity index (χ4n) is 3.81. The van der Waals surface area contributed by atoms with Gasteiger partial charge in [0.2, 0.25) is 0 Å². The first kappa shape index (κ1) is 19.5. The Bertz CT molecular complexity index is 871. The van der Waals surface area contributed by atoms with Crippen LogP contribution in [0.15, 0.2) is 55.0 Å². The van der Waals surface area contributed by atoms with Gasteiger partial charge in [0.25, 0.3) is 0 Å². The van der Waals surface area contributed by atoms with Gasteiger partial charge < -0.3 is 14.9 Å². The Kier molecular flexibility index (Phi) is 5.53. The molecule has 1 aromatic heterocycles. The van der Waals surface area contributed by atoms with Crippen LogP contribution in [0.1, 0.15) is 25.1 Å². The number of nitrogens with zero attached hydrogens (tertiary/aromatic N) is 4. The summed E-state index contributed by atoms with van der Waals surface area (Å²) >= 11 is 0. The van der Waals surface area contributed by atoms with E-state index in [4.69, 9.17) is 5.11 Å². The van der Waals surface area contributed by atoms with E-state index in [0.29, 0.717) is 25.6 Å². The van der Waals surface area contributed by atoms with E-state index in [0.717, 1.165) is 24.5 Å². The van der Waals surface area contributed by atoms with Crippen molar-refractivity contribution in [3.63, 3.8) is 0 Å². The van der Waals surface area contributed by atoms with E-state index in [1.165, 1.54) is 11.3 Å². The Labute approximate surface area is 172 Å². The average molecular weight is 393 g/mol. The van der Waals surface area contributed by atoms with E-state index in [1.807, 2.05) is 12.3 Å². The predicted molar refractivity (Wildman–Crippen MR) is 115 cm³/mol. The summed E-state index contributed by atoms with van der Waals surface area (Å²) in [6, 6.07) is 12.9. The summed E-state index contributed by atoms with van der Waals surface area (Å²) in [5, 5.41) is 8.97. The van der Waals surface area contributed by atoms with E-state index in [2.05, 4.69) is 76.3 Å². The second kappa shape index (κ2) is 8.25. The van der Waals surface area contributed by atoms with Crippen LogP contribution >= 0.6 is 0 Å². The van der Waals surface area contributed by atoms with Crippen molar-refractivity contribution in [1.82, 2.24) is 9.88 Å². The van der Waals surface area contributed by atoms with Gasteiger partial charge in [0.1, 0.15) is 0 Å².